The van der Waals surface area contributed by atoms with Crippen molar-refractivity contribution in [1.29, 1.82) is 0 Å². The number of aryl methyl sites for hydroxylation is 1. The molecule has 3 aromatic heterocycles. The van der Waals surface area contributed by atoms with Crippen LogP contribution >= 0.6 is 0 Å². The third-order valence-corrected chi connectivity index (χ3v) is 6.54. The number of hydrogen-bond donors (Lipinski definition) is 4. The van der Waals surface area contributed by atoms with Crippen LogP contribution in [0.25, 0.3) is 11.0 Å². The lowest BCUT2D eigenvalue weighted by Gasteiger charge is -2.14. The number of carbonyl (C=O) groups is 2. The number of aromatic amines is 1. The van der Waals surface area contributed by atoms with E-state index in [9.17, 15) is 18.8 Å². The van der Waals surface area contributed by atoms with Gasteiger partial charge in [-0.1, -0.05) is 18.2 Å². The number of benzene rings is 1. The lowest BCUT2D eigenvalue weighted by molar-refractivity contribution is -0.123. The predicted octanol–water partition coefficient (Wildman–Crippen LogP) is 2.20. The number of rotatable bonds is 12. The highest BCUT2D eigenvalue weighted by Gasteiger charge is 2.23. The summed E-state index contributed by atoms with van der Waals surface area (Å²) in [5, 5.41) is 9.03. The minimum absolute atomic E-state index is 0.0542. The maximum atomic E-state index is 13.8. The zero-order chi connectivity index (χ0) is 28.1. The molecule has 2 amide bonds. The van der Waals surface area contributed by atoms with Crippen LogP contribution in [0.2, 0.25) is 0 Å². The van der Waals surface area contributed by atoms with E-state index in [2.05, 4.69) is 30.9 Å². The molecule has 0 unspecified atom stereocenters. The highest BCUT2D eigenvalue weighted by Crippen LogP contribution is 2.20. The molecular weight excluding hydrogens is 517 g/mol. The van der Waals surface area contributed by atoms with Gasteiger partial charge in [0.1, 0.15) is 23.8 Å². The first-order valence-corrected chi connectivity index (χ1v) is 13.1. The largest absolute Gasteiger partial charge is 0.483 e. The minimum atomic E-state index is -0.422. The van der Waals surface area contributed by atoms with Crippen LogP contribution in [0.3, 0.4) is 0 Å². The van der Waals surface area contributed by atoms with Gasteiger partial charge in [-0.2, -0.15) is 0 Å². The van der Waals surface area contributed by atoms with Gasteiger partial charge in [0.05, 0.1) is 5.39 Å². The van der Waals surface area contributed by atoms with E-state index in [-0.39, 0.29) is 43.4 Å². The molecule has 40 heavy (non-hydrogen) atoms. The Morgan fingerprint density at radius 3 is 2.83 bits per heavy atom. The summed E-state index contributed by atoms with van der Waals surface area (Å²) in [6.45, 7) is 1.97. The first-order valence-electron chi connectivity index (χ1n) is 13.1. The van der Waals surface area contributed by atoms with Gasteiger partial charge in [0.2, 0.25) is 5.91 Å². The molecule has 0 atom stereocenters. The molecule has 1 fully saturated rings. The number of aromatic nitrogens is 4. The Morgan fingerprint density at radius 1 is 1.18 bits per heavy atom. The van der Waals surface area contributed by atoms with Crippen LogP contribution in [0, 0.1) is 12.7 Å². The molecule has 4 aromatic rings. The third kappa shape index (κ3) is 6.63. The van der Waals surface area contributed by atoms with Gasteiger partial charge in [-0.25, -0.2) is 14.4 Å². The summed E-state index contributed by atoms with van der Waals surface area (Å²) in [5.74, 6) is -0.208. The Hall–Kier alpha value is -4.74. The van der Waals surface area contributed by atoms with E-state index >= 15 is 0 Å². The normalized spacial score (nSPS) is 12.8. The molecule has 1 aliphatic rings. The number of fused-ring (bicyclic) bond motifs is 1. The summed E-state index contributed by atoms with van der Waals surface area (Å²) in [6, 6.07) is 9.31. The smallest absolute Gasteiger partial charge is 0.293 e. The number of nitrogens with zero attached hydrogens (tertiary/aromatic N) is 3. The average molecular weight is 548 g/mol. The van der Waals surface area contributed by atoms with Gasteiger partial charge in [-0.3, -0.25) is 19.0 Å². The number of pyridine rings is 1. The number of para-hydroxylation sites is 1. The number of H-pyrrole nitrogens is 1. The van der Waals surface area contributed by atoms with Crippen molar-refractivity contribution >= 4 is 28.7 Å². The molecule has 1 saturated carbocycles. The standard InChI is InChI=1S/C28H30FN7O4/c1-17-11-32-27(30-9-8-19-4-2-3-5-23(19)40-16-25(38)35-20-6-7-20)28(39)36(17)15-24(37)31-12-18-10-21-22(29)14-34-26(21)33-13-18/h2-5,10-11,13-14,20H,6-9,12,15-16H2,1H3,(H,30,32)(H,31,37)(H,33,34)(H,35,38). The van der Waals surface area contributed by atoms with E-state index in [4.69, 9.17) is 4.74 Å². The molecule has 0 radical (unpaired) electrons. The average Bonchev–Trinajstić information content (AvgIpc) is 3.70. The van der Waals surface area contributed by atoms with Crippen LogP contribution in [0.15, 0.2) is 53.7 Å². The van der Waals surface area contributed by atoms with E-state index < -0.39 is 11.4 Å². The molecule has 0 saturated heterocycles. The molecule has 0 spiro atoms. The zero-order valence-electron chi connectivity index (χ0n) is 22.0. The van der Waals surface area contributed by atoms with Gasteiger partial charge in [0.25, 0.3) is 11.5 Å². The van der Waals surface area contributed by atoms with Gasteiger partial charge in [0.15, 0.2) is 12.4 Å². The first kappa shape index (κ1) is 26.9. The van der Waals surface area contributed by atoms with Crippen molar-refractivity contribution in [2.45, 2.75) is 45.3 Å². The number of ether oxygens (including phenoxy) is 1. The molecule has 208 valence electrons. The van der Waals surface area contributed by atoms with Gasteiger partial charge in [-0.15, -0.1) is 0 Å². The van der Waals surface area contributed by atoms with Crippen LogP contribution in [0.5, 0.6) is 5.75 Å². The zero-order valence-corrected chi connectivity index (χ0v) is 22.0. The maximum absolute atomic E-state index is 13.8. The summed E-state index contributed by atoms with van der Waals surface area (Å²) in [4.78, 5) is 48.8. The van der Waals surface area contributed by atoms with Crippen LogP contribution < -0.4 is 26.2 Å². The molecule has 1 aromatic carbocycles. The van der Waals surface area contributed by atoms with Crippen molar-refractivity contribution in [3.05, 3.63) is 81.9 Å². The maximum Gasteiger partial charge on any atom is 0.293 e. The van der Waals surface area contributed by atoms with Gasteiger partial charge in [0, 0.05) is 43.4 Å². The van der Waals surface area contributed by atoms with Gasteiger partial charge < -0.3 is 25.7 Å². The first-order chi connectivity index (χ1) is 19.4. The quantitative estimate of drug-likeness (QED) is 0.213. The molecule has 0 aliphatic heterocycles. The fraction of sp³-hybridized carbons (Fsp3) is 0.321. The Balaban J connectivity index is 1.15. The lowest BCUT2D eigenvalue weighted by Crippen LogP contribution is -2.34. The second-order valence-electron chi connectivity index (χ2n) is 9.71. The molecular formula is C28H30FN7O4. The monoisotopic (exact) mass is 547 g/mol. The summed E-state index contributed by atoms with van der Waals surface area (Å²) in [7, 11) is 0. The number of halogens is 1. The summed E-state index contributed by atoms with van der Waals surface area (Å²) < 4.78 is 20.9. The van der Waals surface area contributed by atoms with E-state index in [1.807, 2.05) is 18.2 Å². The molecule has 11 nitrogen and oxygen atoms in total. The fourth-order valence-electron chi connectivity index (χ4n) is 4.21. The van der Waals surface area contributed by atoms with Crippen LogP contribution in [-0.4, -0.2) is 50.5 Å². The molecule has 4 N–H and O–H groups in total. The van der Waals surface area contributed by atoms with E-state index in [0.29, 0.717) is 41.0 Å². The fourth-order valence-corrected chi connectivity index (χ4v) is 4.21. The lowest BCUT2D eigenvalue weighted by atomic mass is 10.1. The number of anilines is 1. The van der Waals surface area contributed by atoms with Crippen LogP contribution in [0.4, 0.5) is 10.2 Å². The third-order valence-electron chi connectivity index (χ3n) is 6.54. The molecule has 12 heteroatoms. The minimum Gasteiger partial charge on any atom is -0.483 e. The molecule has 3 heterocycles. The SMILES string of the molecule is Cc1cnc(NCCc2ccccc2OCC(=O)NC2CC2)c(=O)n1CC(=O)NCc1cnc2[nH]cc(F)c2c1. The van der Waals surface area contributed by atoms with Crippen molar-refractivity contribution in [2.24, 2.45) is 0 Å². The molecule has 5 rings (SSSR count). The summed E-state index contributed by atoms with van der Waals surface area (Å²) in [5.41, 5.74) is 2.06. The Labute approximate surface area is 229 Å². The highest BCUT2D eigenvalue weighted by atomic mass is 19.1. The molecule has 0 bridgehead atoms. The van der Waals surface area contributed by atoms with Crippen molar-refractivity contribution in [1.82, 2.24) is 30.2 Å². The predicted molar refractivity (Wildman–Crippen MR) is 146 cm³/mol. The number of nitrogens with one attached hydrogen (secondary N) is 4. The Kier molecular flexibility index (Phi) is 8.04. The second kappa shape index (κ2) is 12.0. The number of hydrogen-bond acceptors (Lipinski definition) is 7. The highest BCUT2D eigenvalue weighted by molar-refractivity contribution is 5.78. The van der Waals surface area contributed by atoms with Crippen molar-refractivity contribution in [2.75, 3.05) is 18.5 Å². The second-order valence-corrected chi connectivity index (χ2v) is 9.71. The van der Waals surface area contributed by atoms with E-state index in [1.165, 1.54) is 17.0 Å². The van der Waals surface area contributed by atoms with Gasteiger partial charge in [-0.05, 0) is 49.4 Å². The number of carbonyl (C=O) groups excluding carboxylic acids is 2. The van der Waals surface area contributed by atoms with Crippen LogP contribution in [0.1, 0.15) is 29.7 Å². The molecule has 1 aliphatic carbocycles. The van der Waals surface area contributed by atoms with Crippen molar-refractivity contribution in [3.8, 4) is 5.75 Å². The van der Waals surface area contributed by atoms with Crippen molar-refractivity contribution in [3.63, 3.8) is 0 Å². The Bertz CT molecular complexity index is 1600. The topological polar surface area (TPSA) is 143 Å². The number of amides is 2. The Morgan fingerprint density at radius 2 is 2.00 bits per heavy atom. The van der Waals surface area contributed by atoms with E-state index in [0.717, 1.165) is 18.4 Å². The van der Waals surface area contributed by atoms with Gasteiger partial charge >= 0.3 is 0 Å². The van der Waals surface area contributed by atoms with Crippen LogP contribution in [-0.2, 0) is 29.1 Å². The van der Waals surface area contributed by atoms with E-state index in [1.54, 1.807) is 25.3 Å². The summed E-state index contributed by atoms with van der Waals surface area (Å²) in [6.07, 6.45) is 6.86. The summed E-state index contributed by atoms with van der Waals surface area (Å²) >= 11 is 0. The van der Waals surface area contributed by atoms with Crippen molar-refractivity contribution < 1.29 is 18.7 Å².